The lowest BCUT2D eigenvalue weighted by Crippen LogP contribution is -1.91. The lowest BCUT2D eigenvalue weighted by molar-refractivity contribution is 0.610. The highest BCUT2D eigenvalue weighted by Crippen LogP contribution is 2.26. The Bertz CT molecular complexity index is 563. The van der Waals surface area contributed by atoms with Crippen molar-refractivity contribution in [1.29, 1.82) is 0 Å². The molecule has 0 saturated heterocycles. The first-order chi connectivity index (χ1) is 7.09. The van der Waals surface area contributed by atoms with Crippen LogP contribution in [0, 0.1) is 0 Å². The van der Waals surface area contributed by atoms with E-state index in [2.05, 4.69) is 10.2 Å². The molecule has 78 valence electrons. The molecule has 1 aromatic carbocycles. The van der Waals surface area contributed by atoms with Gasteiger partial charge in [-0.25, -0.2) is 8.42 Å². The third-order valence-corrected chi connectivity index (χ3v) is 3.26. The van der Waals surface area contributed by atoms with Crippen LogP contribution in [0.2, 0.25) is 0 Å². The molecule has 0 unspecified atom stereocenters. The fourth-order valence-corrected chi connectivity index (χ4v) is 2.21. The summed E-state index contributed by atoms with van der Waals surface area (Å²) in [6.45, 7) is 0. The van der Waals surface area contributed by atoms with Crippen LogP contribution in [0.1, 0.15) is 0 Å². The summed E-state index contributed by atoms with van der Waals surface area (Å²) in [5.74, 6) is 0. The van der Waals surface area contributed by atoms with Crippen LogP contribution in [0.15, 0.2) is 41.4 Å². The minimum absolute atomic E-state index is 0.00429. The van der Waals surface area contributed by atoms with Crippen LogP contribution in [0.25, 0.3) is 11.3 Å². The van der Waals surface area contributed by atoms with Crippen molar-refractivity contribution in [2.24, 2.45) is 0 Å². The fraction of sp³-hybridized carbons (Fsp3) is 0. The molecule has 0 radical (unpaired) electrons. The van der Waals surface area contributed by atoms with Gasteiger partial charge in [-0.2, -0.15) is 5.10 Å². The molecule has 0 fully saturated rings. The van der Waals surface area contributed by atoms with E-state index < -0.39 is 9.05 Å². The smallest absolute Gasteiger partial charge is 0.265 e. The van der Waals surface area contributed by atoms with Gasteiger partial charge in [-0.05, 0) is 0 Å². The number of aromatic nitrogens is 2. The van der Waals surface area contributed by atoms with Crippen molar-refractivity contribution in [2.75, 3.05) is 0 Å². The van der Waals surface area contributed by atoms with Gasteiger partial charge in [0.2, 0.25) is 0 Å². The minimum atomic E-state index is -3.76. The number of halogens is 1. The van der Waals surface area contributed by atoms with Crippen molar-refractivity contribution < 1.29 is 8.42 Å². The maximum atomic E-state index is 11.2. The molecule has 6 heteroatoms. The molecule has 1 N–H and O–H groups in total. The summed E-state index contributed by atoms with van der Waals surface area (Å²) in [5, 5.41) is 6.29. The number of H-pyrrole nitrogens is 1. The quantitative estimate of drug-likeness (QED) is 0.820. The molecule has 0 aliphatic heterocycles. The Morgan fingerprint density at radius 1 is 1.20 bits per heavy atom. The molecule has 1 aromatic heterocycles. The highest BCUT2D eigenvalue weighted by molar-refractivity contribution is 8.13. The normalized spacial score (nSPS) is 11.5. The molecule has 0 aliphatic rings. The van der Waals surface area contributed by atoms with Crippen molar-refractivity contribution in [3.8, 4) is 11.3 Å². The molecule has 2 rings (SSSR count). The minimum Gasteiger partial charge on any atom is -0.276 e. The van der Waals surface area contributed by atoms with Gasteiger partial charge in [-0.3, -0.25) is 5.10 Å². The largest absolute Gasteiger partial charge is 0.276 e. The molecule has 0 amide bonds. The first-order valence-electron chi connectivity index (χ1n) is 4.12. The maximum Gasteiger partial charge on any atom is 0.265 e. The monoisotopic (exact) mass is 242 g/mol. The zero-order valence-electron chi connectivity index (χ0n) is 7.51. The van der Waals surface area contributed by atoms with E-state index >= 15 is 0 Å². The predicted molar refractivity (Wildman–Crippen MR) is 57.1 cm³/mol. The molecule has 0 atom stereocenters. The van der Waals surface area contributed by atoms with Crippen molar-refractivity contribution in [3.05, 3.63) is 36.5 Å². The molecule has 0 bridgehead atoms. The Morgan fingerprint density at radius 3 is 2.47 bits per heavy atom. The SMILES string of the molecule is O=S(=O)(Cl)c1cn[nH]c1-c1ccccc1. The third kappa shape index (κ3) is 2.03. The molecule has 2 aromatic rings. The van der Waals surface area contributed by atoms with Gasteiger partial charge in [0, 0.05) is 16.2 Å². The fourth-order valence-electron chi connectivity index (χ4n) is 1.27. The Kier molecular flexibility index (Phi) is 2.50. The van der Waals surface area contributed by atoms with Crippen molar-refractivity contribution in [3.63, 3.8) is 0 Å². The van der Waals surface area contributed by atoms with Gasteiger partial charge in [0.1, 0.15) is 4.90 Å². The van der Waals surface area contributed by atoms with Gasteiger partial charge < -0.3 is 0 Å². The van der Waals surface area contributed by atoms with Crippen LogP contribution in [-0.4, -0.2) is 18.6 Å². The zero-order valence-corrected chi connectivity index (χ0v) is 9.09. The standard InChI is InChI=1S/C9H7ClN2O2S/c10-15(13,14)8-6-11-12-9(8)7-4-2-1-3-5-7/h1-6H,(H,11,12). The van der Waals surface area contributed by atoms with E-state index in [0.29, 0.717) is 5.69 Å². The summed E-state index contributed by atoms with van der Waals surface area (Å²) < 4.78 is 22.4. The molecular formula is C9H7ClN2O2S. The summed E-state index contributed by atoms with van der Waals surface area (Å²) >= 11 is 0. The van der Waals surface area contributed by atoms with Gasteiger partial charge in [0.25, 0.3) is 9.05 Å². The average Bonchev–Trinajstić information content (AvgIpc) is 2.67. The van der Waals surface area contributed by atoms with Gasteiger partial charge in [0.05, 0.1) is 11.9 Å². The molecule has 0 spiro atoms. The highest BCUT2D eigenvalue weighted by Gasteiger charge is 2.18. The van der Waals surface area contributed by atoms with Crippen LogP contribution < -0.4 is 0 Å². The Balaban J connectivity index is 2.61. The second-order valence-corrected chi connectivity index (χ2v) is 5.45. The van der Waals surface area contributed by atoms with E-state index in [1.165, 1.54) is 6.20 Å². The van der Waals surface area contributed by atoms with E-state index in [1.807, 2.05) is 6.07 Å². The summed E-state index contributed by atoms with van der Waals surface area (Å²) in [4.78, 5) is -0.00429. The van der Waals surface area contributed by atoms with Gasteiger partial charge in [-0.15, -0.1) is 0 Å². The molecule has 4 nitrogen and oxygen atoms in total. The van der Waals surface area contributed by atoms with Crippen LogP contribution in [0.5, 0.6) is 0 Å². The molecule has 15 heavy (non-hydrogen) atoms. The Hall–Kier alpha value is -1.33. The lowest BCUT2D eigenvalue weighted by atomic mass is 10.2. The number of hydrogen-bond acceptors (Lipinski definition) is 3. The van der Waals surface area contributed by atoms with Gasteiger partial charge in [-0.1, -0.05) is 30.3 Å². The number of nitrogens with one attached hydrogen (secondary N) is 1. The Labute approximate surface area is 91.3 Å². The highest BCUT2D eigenvalue weighted by atomic mass is 35.7. The van der Waals surface area contributed by atoms with E-state index in [9.17, 15) is 8.42 Å². The van der Waals surface area contributed by atoms with Gasteiger partial charge in [0.15, 0.2) is 0 Å². The summed E-state index contributed by atoms with van der Waals surface area (Å²) in [6.07, 6.45) is 1.20. The Morgan fingerprint density at radius 2 is 1.87 bits per heavy atom. The number of aromatic amines is 1. The van der Waals surface area contributed by atoms with E-state index in [4.69, 9.17) is 10.7 Å². The molecule has 0 aliphatic carbocycles. The molecular weight excluding hydrogens is 236 g/mol. The van der Waals surface area contributed by atoms with E-state index in [0.717, 1.165) is 5.56 Å². The van der Waals surface area contributed by atoms with Crippen molar-refractivity contribution >= 4 is 19.7 Å². The number of hydrogen-bond donors (Lipinski definition) is 1. The van der Waals surface area contributed by atoms with Gasteiger partial charge >= 0.3 is 0 Å². The average molecular weight is 243 g/mol. The topological polar surface area (TPSA) is 62.8 Å². The van der Waals surface area contributed by atoms with Crippen LogP contribution in [0.3, 0.4) is 0 Å². The van der Waals surface area contributed by atoms with E-state index in [1.54, 1.807) is 24.3 Å². The van der Waals surface area contributed by atoms with Crippen LogP contribution in [-0.2, 0) is 9.05 Å². The molecule has 1 heterocycles. The predicted octanol–water partition coefficient (Wildman–Crippen LogP) is 2.00. The summed E-state index contributed by atoms with van der Waals surface area (Å²) in [7, 11) is 1.51. The summed E-state index contributed by atoms with van der Waals surface area (Å²) in [5.41, 5.74) is 1.14. The zero-order chi connectivity index (χ0) is 10.9. The second-order valence-electron chi connectivity index (χ2n) is 2.91. The number of rotatable bonds is 2. The van der Waals surface area contributed by atoms with Crippen LogP contribution >= 0.6 is 10.7 Å². The first-order valence-corrected chi connectivity index (χ1v) is 6.43. The van der Waals surface area contributed by atoms with Crippen molar-refractivity contribution in [2.45, 2.75) is 4.90 Å². The number of benzene rings is 1. The molecule has 0 saturated carbocycles. The van der Waals surface area contributed by atoms with Crippen molar-refractivity contribution in [1.82, 2.24) is 10.2 Å². The first kappa shape index (κ1) is 10.2. The third-order valence-electron chi connectivity index (χ3n) is 1.93. The second kappa shape index (κ2) is 3.67. The number of nitrogens with zero attached hydrogens (tertiary/aromatic N) is 1. The van der Waals surface area contributed by atoms with E-state index in [-0.39, 0.29) is 4.90 Å². The lowest BCUT2D eigenvalue weighted by Gasteiger charge is -1.99. The summed E-state index contributed by atoms with van der Waals surface area (Å²) in [6, 6.07) is 9.01. The van der Waals surface area contributed by atoms with Crippen LogP contribution in [0.4, 0.5) is 0 Å². The maximum absolute atomic E-state index is 11.2.